The summed E-state index contributed by atoms with van der Waals surface area (Å²) in [5.74, 6) is -2.66. The van der Waals surface area contributed by atoms with E-state index in [0.717, 1.165) is 9.91 Å². The molecule has 29 heavy (non-hydrogen) atoms. The van der Waals surface area contributed by atoms with Crippen LogP contribution in [0.4, 0.5) is 5.69 Å². The van der Waals surface area contributed by atoms with E-state index >= 15 is 0 Å². The highest BCUT2D eigenvalue weighted by molar-refractivity contribution is 6.12. The summed E-state index contributed by atoms with van der Waals surface area (Å²) in [5.41, 5.74) is -1.64. The van der Waals surface area contributed by atoms with Gasteiger partial charge in [0.05, 0.1) is 18.0 Å². The van der Waals surface area contributed by atoms with Crippen molar-refractivity contribution < 1.29 is 28.8 Å². The zero-order valence-corrected chi connectivity index (χ0v) is 16.6. The summed E-state index contributed by atoms with van der Waals surface area (Å²) in [6.45, 7) is 2.61. The van der Waals surface area contributed by atoms with Gasteiger partial charge in [0.25, 0.3) is 17.5 Å². The molecule has 11 nitrogen and oxygen atoms in total. The molecular formula is C18H22N4O7. The Balaban J connectivity index is 2.34. The van der Waals surface area contributed by atoms with E-state index in [1.165, 1.54) is 50.3 Å². The minimum Gasteiger partial charge on any atom is -0.465 e. The maximum absolute atomic E-state index is 13.1. The SMILES string of the molecule is CCOC(=O)CN1C(=O)CC(C)(N(C(=O)c2ccc([N+](=O)[O-])cc2)N(C)C)C1=O. The number of non-ortho nitro benzene ring substituents is 1. The van der Waals surface area contributed by atoms with Crippen molar-refractivity contribution in [2.24, 2.45) is 0 Å². The molecule has 1 saturated heterocycles. The zero-order valence-electron chi connectivity index (χ0n) is 16.6. The third kappa shape index (κ3) is 4.24. The van der Waals surface area contributed by atoms with E-state index in [1.54, 1.807) is 6.92 Å². The molecule has 1 aliphatic heterocycles. The maximum atomic E-state index is 13.1. The summed E-state index contributed by atoms with van der Waals surface area (Å²) in [7, 11) is 3.06. The van der Waals surface area contributed by atoms with Gasteiger partial charge in [0.1, 0.15) is 12.1 Å². The van der Waals surface area contributed by atoms with Crippen LogP contribution < -0.4 is 0 Å². The Kier molecular flexibility index (Phi) is 6.32. The second kappa shape index (κ2) is 8.35. The molecule has 1 aromatic carbocycles. The average Bonchev–Trinajstić information content (AvgIpc) is 2.85. The van der Waals surface area contributed by atoms with Crippen LogP contribution >= 0.6 is 0 Å². The van der Waals surface area contributed by atoms with Gasteiger partial charge in [-0.05, 0) is 26.0 Å². The number of ether oxygens (including phenoxy) is 1. The van der Waals surface area contributed by atoms with Crippen molar-refractivity contribution in [3.63, 3.8) is 0 Å². The van der Waals surface area contributed by atoms with Crippen molar-refractivity contribution in [2.75, 3.05) is 27.2 Å². The molecule has 0 saturated carbocycles. The summed E-state index contributed by atoms with van der Waals surface area (Å²) in [6.07, 6.45) is -0.317. The number of carbonyl (C=O) groups excluding carboxylic acids is 4. The van der Waals surface area contributed by atoms with Gasteiger partial charge in [-0.25, -0.2) is 5.01 Å². The number of hydrazine groups is 1. The molecule has 1 fully saturated rings. The standard InChI is InChI=1S/C18H22N4O7/c1-5-29-15(24)11-20-14(23)10-18(2,17(20)26)21(19(3)4)16(25)12-6-8-13(9-7-12)22(27)28/h6-9H,5,10-11H2,1-4H3. The second-order valence-electron chi connectivity index (χ2n) is 6.81. The number of hydrogen-bond acceptors (Lipinski definition) is 8. The Hall–Kier alpha value is -3.34. The van der Waals surface area contributed by atoms with Gasteiger partial charge >= 0.3 is 5.97 Å². The molecular weight excluding hydrogens is 384 g/mol. The van der Waals surface area contributed by atoms with E-state index in [2.05, 4.69) is 0 Å². The van der Waals surface area contributed by atoms with Crippen molar-refractivity contribution in [2.45, 2.75) is 25.8 Å². The first-order valence-corrected chi connectivity index (χ1v) is 8.79. The number of carbonyl (C=O) groups is 4. The van der Waals surface area contributed by atoms with Crippen molar-refractivity contribution in [1.29, 1.82) is 0 Å². The predicted molar refractivity (Wildman–Crippen MR) is 99.3 cm³/mol. The maximum Gasteiger partial charge on any atom is 0.326 e. The minimum absolute atomic E-state index is 0.106. The lowest BCUT2D eigenvalue weighted by Gasteiger charge is -2.40. The van der Waals surface area contributed by atoms with E-state index in [9.17, 15) is 29.3 Å². The van der Waals surface area contributed by atoms with Crippen LogP contribution in [0.15, 0.2) is 24.3 Å². The van der Waals surface area contributed by atoms with Gasteiger partial charge in [0.15, 0.2) is 0 Å². The molecule has 156 valence electrons. The highest BCUT2D eigenvalue weighted by Crippen LogP contribution is 2.32. The molecule has 0 spiro atoms. The monoisotopic (exact) mass is 406 g/mol. The Morgan fingerprint density at radius 3 is 2.31 bits per heavy atom. The molecule has 2 rings (SSSR count). The van der Waals surface area contributed by atoms with Crippen molar-refractivity contribution in [3.05, 3.63) is 39.9 Å². The fourth-order valence-electron chi connectivity index (χ4n) is 3.23. The van der Waals surface area contributed by atoms with Crippen LogP contribution in [-0.4, -0.2) is 76.3 Å². The van der Waals surface area contributed by atoms with Crippen LogP contribution in [0.3, 0.4) is 0 Å². The summed E-state index contributed by atoms with van der Waals surface area (Å²) in [5, 5.41) is 13.3. The number of nitro groups is 1. The number of nitrogens with zero attached hydrogens (tertiary/aromatic N) is 4. The van der Waals surface area contributed by atoms with Crippen LogP contribution in [0.5, 0.6) is 0 Å². The normalized spacial score (nSPS) is 18.9. The molecule has 0 bridgehead atoms. The summed E-state index contributed by atoms with van der Waals surface area (Å²) >= 11 is 0. The minimum atomic E-state index is -1.56. The van der Waals surface area contributed by atoms with Gasteiger partial charge < -0.3 is 4.74 Å². The van der Waals surface area contributed by atoms with Gasteiger partial charge in [0, 0.05) is 31.8 Å². The smallest absolute Gasteiger partial charge is 0.326 e. The molecule has 0 N–H and O–H groups in total. The highest BCUT2D eigenvalue weighted by atomic mass is 16.6. The third-order valence-corrected chi connectivity index (χ3v) is 4.48. The summed E-state index contributed by atoms with van der Waals surface area (Å²) in [4.78, 5) is 61.2. The first-order chi connectivity index (χ1) is 13.5. The fraction of sp³-hybridized carbons (Fsp3) is 0.444. The van der Waals surface area contributed by atoms with E-state index in [4.69, 9.17) is 4.74 Å². The molecule has 3 amide bonds. The molecule has 1 unspecified atom stereocenters. The van der Waals surface area contributed by atoms with Gasteiger partial charge in [-0.15, -0.1) is 0 Å². The lowest BCUT2D eigenvalue weighted by Crippen LogP contribution is -2.60. The number of likely N-dealkylation sites (tertiary alicyclic amines) is 1. The number of imide groups is 1. The third-order valence-electron chi connectivity index (χ3n) is 4.48. The quantitative estimate of drug-likeness (QED) is 0.278. The topological polar surface area (TPSA) is 130 Å². The number of hydrogen-bond donors (Lipinski definition) is 0. The van der Waals surface area contributed by atoms with Crippen LogP contribution in [0.25, 0.3) is 0 Å². The Bertz CT molecular complexity index is 852. The Morgan fingerprint density at radius 2 is 1.83 bits per heavy atom. The lowest BCUT2D eigenvalue weighted by molar-refractivity contribution is -0.384. The molecule has 1 aliphatic rings. The predicted octanol–water partition coefficient (Wildman–Crippen LogP) is 0.594. The number of rotatable bonds is 7. The molecule has 0 aromatic heterocycles. The lowest BCUT2D eigenvalue weighted by atomic mass is 9.98. The summed E-state index contributed by atoms with van der Waals surface area (Å²) in [6, 6.07) is 4.91. The van der Waals surface area contributed by atoms with Gasteiger partial charge in [-0.3, -0.25) is 39.2 Å². The van der Waals surface area contributed by atoms with Crippen molar-refractivity contribution in [3.8, 4) is 0 Å². The second-order valence-corrected chi connectivity index (χ2v) is 6.81. The molecule has 1 aromatic rings. The van der Waals surface area contributed by atoms with E-state index in [1.807, 2.05) is 0 Å². The van der Waals surface area contributed by atoms with Crippen LogP contribution in [0.2, 0.25) is 0 Å². The van der Waals surface area contributed by atoms with Gasteiger partial charge in [-0.1, -0.05) is 0 Å². The Labute approximate surface area is 166 Å². The molecule has 0 radical (unpaired) electrons. The molecule has 0 aliphatic carbocycles. The van der Waals surface area contributed by atoms with E-state index in [-0.39, 0.29) is 24.3 Å². The van der Waals surface area contributed by atoms with Crippen LogP contribution in [0, 0.1) is 10.1 Å². The molecule has 11 heteroatoms. The zero-order chi connectivity index (χ0) is 21.9. The first kappa shape index (κ1) is 22.0. The number of amides is 3. The number of nitro benzene ring substituents is 1. The Morgan fingerprint density at radius 1 is 1.24 bits per heavy atom. The van der Waals surface area contributed by atoms with Crippen molar-refractivity contribution in [1.82, 2.24) is 14.9 Å². The number of esters is 1. The van der Waals surface area contributed by atoms with Crippen LogP contribution in [-0.2, 0) is 19.1 Å². The summed E-state index contributed by atoms with van der Waals surface area (Å²) < 4.78 is 4.79. The average molecular weight is 406 g/mol. The number of benzene rings is 1. The van der Waals surface area contributed by atoms with Crippen LogP contribution in [0.1, 0.15) is 30.6 Å². The van der Waals surface area contributed by atoms with Gasteiger partial charge in [0.2, 0.25) is 5.91 Å². The van der Waals surface area contributed by atoms with Crippen molar-refractivity contribution >= 4 is 29.4 Å². The fourth-order valence-corrected chi connectivity index (χ4v) is 3.23. The van der Waals surface area contributed by atoms with E-state index in [0.29, 0.717) is 0 Å². The molecule has 1 heterocycles. The van der Waals surface area contributed by atoms with E-state index < -0.39 is 40.7 Å². The highest BCUT2D eigenvalue weighted by Gasteiger charge is 2.55. The first-order valence-electron chi connectivity index (χ1n) is 8.79. The molecule has 1 atom stereocenters. The largest absolute Gasteiger partial charge is 0.465 e. The van der Waals surface area contributed by atoms with Gasteiger partial charge in [-0.2, -0.15) is 0 Å².